The summed E-state index contributed by atoms with van der Waals surface area (Å²) in [7, 11) is 0. The van der Waals surface area contributed by atoms with E-state index in [1.54, 1.807) is 95.0 Å². The van der Waals surface area contributed by atoms with Crippen LogP contribution in [0.1, 0.15) is 70.4 Å². The third kappa shape index (κ3) is 11.8. The number of tetrazole rings is 1. The Balaban J connectivity index is 1.14. The second-order valence-corrected chi connectivity index (χ2v) is 19.0. The highest BCUT2D eigenvalue weighted by Crippen LogP contribution is 2.31. The molecular formula is C47H54ClN11O10. The van der Waals surface area contributed by atoms with Crippen LogP contribution in [0.3, 0.4) is 0 Å². The van der Waals surface area contributed by atoms with E-state index < -0.39 is 47.0 Å². The van der Waals surface area contributed by atoms with E-state index in [2.05, 4.69) is 31.5 Å². The summed E-state index contributed by atoms with van der Waals surface area (Å²) in [5.41, 5.74) is 0.399. The van der Waals surface area contributed by atoms with Crippen molar-refractivity contribution in [3.8, 4) is 5.69 Å². The number of urea groups is 1. The number of nitrogens with zero attached hydrogens (tertiary/aromatic N) is 8. The Morgan fingerprint density at radius 2 is 1.51 bits per heavy atom. The lowest BCUT2D eigenvalue weighted by molar-refractivity contribution is -0.149. The fraction of sp³-hybridized carbons (Fsp3) is 0.404. The standard InChI is InChI=1S/C47H54ClN11O10/c1-46(2,3)68-43(65)38-25-30-24-33(12-14-34(30)59(38)45(67)69-47(4,5)6)51-40(62)37(57-21-20-56(41(63)42(57)64)36-26-31(48)9-13-35(36)58-27-50-53-54-58)23-28-7-10-32(11-8-28)52-44(66)55-18-15-29(16-19-55)39(61)49-17-22-60/h7-14,24-27,29,37,60H,15-23H2,1-6H3,(H,49,61)(H,51,62)(H,52,66). The number of aromatic nitrogens is 5. The summed E-state index contributed by atoms with van der Waals surface area (Å²) < 4.78 is 13.7. The first-order valence-corrected chi connectivity index (χ1v) is 22.7. The predicted octanol–water partition coefficient (Wildman–Crippen LogP) is 4.79. The number of benzene rings is 3. The number of rotatable bonds is 12. The molecule has 5 aromatic rings. The molecule has 1 atom stereocenters. The van der Waals surface area contributed by atoms with Crippen molar-refractivity contribution in [2.45, 2.75) is 78.0 Å². The summed E-state index contributed by atoms with van der Waals surface area (Å²) in [5, 5.41) is 29.4. The van der Waals surface area contributed by atoms with Crippen LogP contribution < -0.4 is 20.9 Å². The van der Waals surface area contributed by atoms with Crippen molar-refractivity contribution in [1.29, 1.82) is 0 Å². The maximum Gasteiger partial charge on any atom is 0.419 e. The first kappa shape index (κ1) is 49.5. The SMILES string of the molecule is CC(C)(C)OC(=O)c1cc2cc(NC(=O)C(Cc3ccc(NC(=O)N4CCC(C(=O)NCCO)CC4)cc3)N3CCN(c4cc(Cl)ccc4-n4cnnn4)C(=O)C3=O)ccc2n1C(=O)OC(C)(C)C. The zero-order chi connectivity index (χ0) is 49.8. The van der Waals surface area contributed by atoms with Crippen molar-refractivity contribution in [2.75, 3.05) is 54.9 Å². The number of aliphatic hydroxyl groups is 1. The van der Waals surface area contributed by atoms with E-state index in [9.17, 15) is 33.6 Å². The zero-order valence-corrected chi connectivity index (χ0v) is 39.8. The minimum atomic E-state index is -1.25. The van der Waals surface area contributed by atoms with Gasteiger partial charge in [-0.1, -0.05) is 23.7 Å². The number of likely N-dealkylation sites (tertiary alicyclic amines) is 1. The smallest absolute Gasteiger partial charge is 0.419 e. The lowest BCUT2D eigenvalue weighted by Gasteiger charge is -2.38. The number of piperazine rings is 1. The van der Waals surface area contributed by atoms with Crippen LogP contribution in [0, 0.1) is 5.92 Å². The van der Waals surface area contributed by atoms with Crippen molar-refractivity contribution >= 4 is 81.3 Å². The third-order valence-electron chi connectivity index (χ3n) is 11.2. The van der Waals surface area contributed by atoms with Gasteiger partial charge in [-0.05, 0) is 125 Å². The molecule has 21 nitrogen and oxygen atoms in total. The van der Waals surface area contributed by atoms with Crippen LogP contribution in [-0.2, 0) is 35.1 Å². The molecule has 0 saturated carbocycles. The van der Waals surface area contributed by atoms with E-state index in [4.69, 9.17) is 26.2 Å². The monoisotopic (exact) mass is 967 g/mol. The fourth-order valence-corrected chi connectivity index (χ4v) is 8.19. The van der Waals surface area contributed by atoms with Crippen LogP contribution in [-0.4, -0.2) is 138 Å². The Morgan fingerprint density at radius 1 is 0.812 bits per heavy atom. The van der Waals surface area contributed by atoms with E-state index >= 15 is 0 Å². The van der Waals surface area contributed by atoms with Gasteiger partial charge in [-0.15, -0.1) is 5.10 Å². The summed E-state index contributed by atoms with van der Waals surface area (Å²) in [4.78, 5) is 99.6. The second-order valence-electron chi connectivity index (χ2n) is 18.6. The van der Waals surface area contributed by atoms with E-state index in [0.29, 0.717) is 58.8 Å². The molecule has 4 heterocycles. The number of carbonyl (C=O) groups is 7. The van der Waals surface area contributed by atoms with Crippen LogP contribution in [0.5, 0.6) is 0 Å². The number of carbonyl (C=O) groups excluding carboxylic acids is 7. The minimum absolute atomic E-state index is 0.0308. The van der Waals surface area contributed by atoms with E-state index in [1.807, 2.05) is 0 Å². The Morgan fingerprint density at radius 3 is 2.16 bits per heavy atom. The average Bonchev–Trinajstić information content (AvgIpc) is 3.97. The van der Waals surface area contributed by atoms with Gasteiger partial charge in [-0.25, -0.2) is 19.0 Å². The molecule has 7 rings (SSSR count). The van der Waals surface area contributed by atoms with Gasteiger partial charge in [0, 0.05) is 66.8 Å². The van der Waals surface area contributed by atoms with Crippen LogP contribution >= 0.6 is 11.6 Å². The van der Waals surface area contributed by atoms with Crippen molar-refractivity contribution < 1.29 is 48.1 Å². The molecule has 0 bridgehead atoms. The Hall–Kier alpha value is -7.39. The number of aliphatic hydroxyl groups excluding tert-OH is 1. The Labute approximate surface area is 402 Å². The quantitative estimate of drug-likeness (QED) is 0.0971. The van der Waals surface area contributed by atoms with Gasteiger partial charge in [-0.2, -0.15) is 4.68 Å². The molecule has 3 aromatic carbocycles. The molecule has 0 spiro atoms. The summed E-state index contributed by atoms with van der Waals surface area (Å²) in [6.45, 7) is 10.8. The van der Waals surface area contributed by atoms with Crippen molar-refractivity contribution in [2.24, 2.45) is 5.92 Å². The number of piperidine rings is 1. The number of hydrogen-bond donors (Lipinski definition) is 4. The molecule has 2 aromatic heterocycles. The normalized spacial score (nSPS) is 15.2. The topological polar surface area (TPSA) is 253 Å². The zero-order valence-electron chi connectivity index (χ0n) is 39.0. The molecule has 2 fully saturated rings. The summed E-state index contributed by atoms with van der Waals surface area (Å²) in [6, 6.07) is 15.9. The maximum atomic E-state index is 14.6. The molecule has 1 unspecified atom stereocenters. The molecule has 6 amide bonds. The largest absolute Gasteiger partial charge is 0.455 e. The average molecular weight is 968 g/mol. The van der Waals surface area contributed by atoms with Gasteiger partial charge in [0.15, 0.2) is 0 Å². The van der Waals surface area contributed by atoms with E-state index in [-0.39, 0.29) is 67.6 Å². The highest BCUT2D eigenvalue weighted by molar-refractivity contribution is 6.41. The number of fused-ring (bicyclic) bond motifs is 1. The fourth-order valence-electron chi connectivity index (χ4n) is 8.02. The molecular weight excluding hydrogens is 914 g/mol. The highest BCUT2D eigenvalue weighted by atomic mass is 35.5. The first-order chi connectivity index (χ1) is 32.7. The van der Waals surface area contributed by atoms with Crippen LogP contribution in [0.15, 0.2) is 73.1 Å². The van der Waals surface area contributed by atoms with Gasteiger partial charge < -0.3 is 45.2 Å². The van der Waals surface area contributed by atoms with Gasteiger partial charge in [0.1, 0.15) is 29.3 Å². The second kappa shape index (κ2) is 20.5. The number of esters is 1. The first-order valence-electron chi connectivity index (χ1n) is 22.3. The molecule has 22 heteroatoms. The summed E-state index contributed by atoms with van der Waals surface area (Å²) in [5.74, 6) is -3.72. The van der Waals surface area contributed by atoms with Crippen molar-refractivity contribution in [3.63, 3.8) is 0 Å². The van der Waals surface area contributed by atoms with Crippen LogP contribution in [0.2, 0.25) is 5.02 Å². The van der Waals surface area contributed by atoms with Crippen molar-refractivity contribution in [1.82, 2.24) is 39.9 Å². The van der Waals surface area contributed by atoms with E-state index in [0.717, 1.165) is 4.57 Å². The minimum Gasteiger partial charge on any atom is -0.455 e. The van der Waals surface area contributed by atoms with Crippen LogP contribution in [0.25, 0.3) is 16.6 Å². The molecule has 0 aliphatic carbocycles. The number of hydrogen-bond acceptors (Lipinski definition) is 13. The number of anilines is 3. The molecule has 364 valence electrons. The highest BCUT2D eigenvalue weighted by Gasteiger charge is 2.41. The number of amides is 6. The number of ether oxygens (including phenoxy) is 2. The lowest BCUT2D eigenvalue weighted by atomic mass is 9.96. The predicted molar refractivity (Wildman–Crippen MR) is 253 cm³/mol. The summed E-state index contributed by atoms with van der Waals surface area (Å²) >= 11 is 6.37. The van der Waals surface area contributed by atoms with Gasteiger partial charge in [0.2, 0.25) is 11.8 Å². The van der Waals surface area contributed by atoms with Gasteiger partial charge in [0.05, 0.1) is 23.5 Å². The third-order valence-corrected chi connectivity index (χ3v) is 11.4. The molecule has 0 radical (unpaired) electrons. The molecule has 2 aliphatic heterocycles. The Bertz CT molecular complexity index is 2760. The van der Waals surface area contributed by atoms with Gasteiger partial charge in [0.25, 0.3) is 0 Å². The molecule has 4 N–H and O–H groups in total. The Kier molecular flexibility index (Phi) is 14.7. The lowest BCUT2D eigenvalue weighted by Crippen LogP contribution is -2.60. The summed E-state index contributed by atoms with van der Waals surface area (Å²) in [6.07, 6.45) is 1.41. The van der Waals surface area contributed by atoms with Crippen molar-refractivity contribution in [3.05, 3.63) is 89.3 Å². The van der Waals surface area contributed by atoms with E-state index in [1.165, 1.54) is 39.0 Å². The van der Waals surface area contributed by atoms with Gasteiger partial charge >= 0.3 is 29.9 Å². The maximum absolute atomic E-state index is 14.6. The van der Waals surface area contributed by atoms with Gasteiger partial charge in [-0.3, -0.25) is 19.2 Å². The number of halogens is 1. The number of nitrogens with one attached hydrogen (secondary N) is 3. The molecule has 2 aliphatic rings. The molecule has 2 saturated heterocycles. The van der Waals surface area contributed by atoms with Crippen LogP contribution in [0.4, 0.5) is 26.7 Å². The molecule has 69 heavy (non-hydrogen) atoms.